The first-order valence-electron chi connectivity index (χ1n) is 19.8. The molecule has 1 heteroatoms. The van der Waals surface area contributed by atoms with Crippen LogP contribution in [-0.2, 0) is 22.7 Å². The first kappa shape index (κ1) is 33.3. The molecule has 0 spiro atoms. The molecule has 0 aliphatic heterocycles. The maximum Gasteiger partial charge on any atom is 0.0434 e. The molecule has 2 aliphatic rings. The number of aliphatic hydroxyl groups is 1. The smallest absolute Gasteiger partial charge is 0.0434 e. The van der Waals surface area contributed by atoms with Gasteiger partial charge in [0.15, 0.2) is 0 Å². The summed E-state index contributed by atoms with van der Waals surface area (Å²) in [6.07, 6.45) is 1.69. The van der Waals surface area contributed by atoms with Crippen LogP contribution in [-0.4, -0.2) is 11.7 Å². The molecule has 0 fully saturated rings. The lowest BCUT2D eigenvalue weighted by Gasteiger charge is -2.24. The molecule has 1 nitrogen and oxygen atoms in total. The van der Waals surface area contributed by atoms with E-state index in [-0.39, 0.29) is 22.9 Å². The van der Waals surface area contributed by atoms with Crippen LogP contribution in [0.15, 0.2) is 121 Å². The van der Waals surface area contributed by atoms with Crippen molar-refractivity contribution in [3.8, 4) is 44.5 Å². The molecule has 0 amide bonds. The Morgan fingerprint density at radius 3 is 1.57 bits per heavy atom. The van der Waals surface area contributed by atoms with E-state index in [9.17, 15) is 5.11 Å². The van der Waals surface area contributed by atoms with E-state index in [1.165, 1.54) is 110 Å². The minimum absolute atomic E-state index is 0.0595. The fraction of sp³-hybridized carbons (Fsp3) is 0.245. The molecular weight excluding hydrogens is 653 g/mol. The molecule has 1 N–H and O–H groups in total. The Hall–Kier alpha value is -5.24. The SMILES string of the molecule is CC(C)(C)c1cc2ccc3c(-c4ccc5c(c4)C(C)(C)c4ccccc4-5)cc(-c4ccc5c(c4)C(C)(C)c4cc(CCCO)ccc4-5)c4ccc(c1)c2c34. The Balaban J connectivity index is 1.22. The highest BCUT2D eigenvalue weighted by Crippen LogP contribution is 2.53. The molecule has 8 aromatic rings. The van der Waals surface area contributed by atoms with Crippen molar-refractivity contribution < 1.29 is 5.11 Å². The zero-order valence-corrected chi connectivity index (χ0v) is 32.6. The third-order valence-electron chi connectivity index (χ3n) is 13.2. The first-order chi connectivity index (χ1) is 25.9. The average Bonchev–Trinajstić information content (AvgIpc) is 3.53. The van der Waals surface area contributed by atoms with Gasteiger partial charge < -0.3 is 5.11 Å². The molecule has 0 aromatic heterocycles. The van der Waals surface area contributed by atoms with Crippen LogP contribution >= 0.6 is 0 Å². The molecule has 0 bridgehead atoms. The molecular formula is C53H48O. The van der Waals surface area contributed by atoms with Crippen molar-refractivity contribution in [2.45, 2.75) is 77.6 Å². The van der Waals surface area contributed by atoms with Crippen LogP contribution < -0.4 is 0 Å². The molecule has 0 unspecified atom stereocenters. The van der Waals surface area contributed by atoms with Gasteiger partial charge in [0.1, 0.15) is 0 Å². The van der Waals surface area contributed by atoms with E-state index in [0.29, 0.717) is 0 Å². The van der Waals surface area contributed by atoms with E-state index in [1.807, 2.05) is 0 Å². The van der Waals surface area contributed by atoms with E-state index < -0.39 is 0 Å². The second-order valence-corrected chi connectivity index (χ2v) is 18.1. The van der Waals surface area contributed by atoms with Crippen molar-refractivity contribution in [2.75, 3.05) is 6.61 Å². The summed E-state index contributed by atoms with van der Waals surface area (Å²) in [6.45, 7) is 16.7. The highest BCUT2D eigenvalue weighted by atomic mass is 16.2. The van der Waals surface area contributed by atoms with Gasteiger partial charge in [0.05, 0.1) is 0 Å². The molecule has 2 aliphatic carbocycles. The minimum atomic E-state index is -0.132. The maximum absolute atomic E-state index is 9.51. The van der Waals surface area contributed by atoms with Crippen molar-refractivity contribution >= 4 is 32.3 Å². The van der Waals surface area contributed by atoms with Gasteiger partial charge >= 0.3 is 0 Å². The molecule has 0 radical (unpaired) electrons. The number of hydrogen-bond donors (Lipinski definition) is 1. The second kappa shape index (κ2) is 11.4. The summed E-state index contributed by atoms with van der Waals surface area (Å²) in [7, 11) is 0. The van der Waals surface area contributed by atoms with Gasteiger partial charge in [-0.2, -0.15) is 0 Å². The molecule has 0 heterocycles. The van der Waals surface area contributed by atoms with E-state index in [4.69, 9.17) is 0 Å². The van der Waals surface area contributed by atoms with Gasteiger partial charge in [-0.15, -0.1) is 0 Å². The Morgan fingerprint density at radius 2 is 1.00 bits per heavy atom. The van der Waals surface area contributed by atoms with Crippen LogP contribution in [0.4, 0.5) is 0 Å². The Morgan fingerprint density at radius 1 is 0.481 bits per heavy atom. The van der Waals surface area contributed by atoms with Crippen molar-refractivity contribution in [1.29, 1.82) is 0 Å². The number of hydrogen-bond acceptors (Lipinski definition) is 1. The third-order valence-corrected chi connectivity index (χ3v) is 13.2. The summed E-state index contributed by atoms with van der Waals surface area (Å²) in [5, 5.41) is 17.5. The number of rotatable bonds is 5. The summed E-state index contributed by atoms with van der Waals surface area (Å²) in [5.74, 6) is 0. The van der Waals surface area contributed by atoms with Crippen LogP contribution in [0.1, 0.15) is 88.3 Å². The van der Waals surface area contributed by atoms with Crippen LogP contribution in [0.5, 0.6) is 0 Å². The zero-order valence-electron chi connectivity index (χ0n) is 32.6. The van der Waals surface area contributed by atoms with Crippen molar-refractivity contribution in [2.24, 2.45) is 0 Å². The van der Waals surface area contributed by atoms with Gasteiger partial charge in [-0.1, -0.05) is 152 Å². The van der Waals surface area contributed by atoms with Crippen LogP contribution in [0.25, 0.3) is 76.8 Å². The molecule has 10 rings (SSSR count). The molecule has 54 heavy (non-hydrogen) atoms. The standard InChI is InChI=1S/C53H48O/c1-51(2,3)36-26-34-17-22-41-43(32-15-20-39-37-12-8-9-13-45(37)52(4,5)47(39)28-32)30-44(42-23-18-35(27-36)49(34)50(41)42)33-16-21-40-38-19-14-31(11-10-24-54)25-46(38)53(6,7)48(40)29-33/h8-9,12-23,25-30,54H,10-11,24H2,1-7H3. The van der Waals surface area contributed by atoms with E-state index in [1.54, 1.807) is 0 Å². The lowest BCUT2D eigenvalue weighted by atomic mass is 9.79. The van der Waals surface area contributed by atoms with Crippen molar-refractivity contribution in [1.82, 2.24) is 0 Å². The highest BCUT2D eigenvalue weighted by Gasteiger charge is 2.37. The van der Waals surface area contributed by atoms with Gasteiger partial charge in [-0.05, 0) is 147 Å². The molecule has 0 saturated heterocycles. The summed E-state index contributed by atoms with van der Waals surface area (Å²) in [6, 6.07) is 47.2. The van der Waals surface area contributed by atoms with E-state index in [2.05, 4.69) is 170 Å². The third kappa shape index (κ3) is 4.67. The Kier molecular flexibility index (Phi) is 7.03. The van der Waals surface area contributed by atoms with E-state index >= 15 is 0 Å². The van der Waals surface area contributed by atoms with E-state index in [0.717, 1.165) is 12.8 Å². The number of benzene rings is 8. The first-order valence-corrected chi connectivity index (χ1v) is 19.8. The van der Waals surface area contributed by atoms with Crippen molar-refractivity contribution in [3.63, 3.8) is 0 Å². The summed E-state index contributed by atoms with van der Waals surface area (Å²) >= 11 is 0. The lowest BCUT2D eigenvalue weighted by Crippen LogP contribution is -2.15. The Bertz CT molecular complexity index is 2820. The molecule has 8 aromatic carbocycles. The normalized spacial score (nSPS) is 15.2. The van der Waals surface area contributed by atoms with Crippen LogP contribution in [0, 0.1) is 0 Å². The van der Waals surface area contributed by atoms with Gasteiger partial charge in [-0.3, -0.25) is 0 Å². The van der Waals surface area contributed by atoms with Crippen molar-refractivity contribution in [3.05, 3.63) is 155 Å². The fourth-order valence-corrected chi connectivity index (χ4v) is 10.1. The van der Waals surface area contributed by atoms with Crippen LogP contribution in [0.2, 0.25) is 0 Å². The Labute approximate surface area is 319 Å². The van der Waals surface area contributed by atoms with Gasteiger partial charge in [-0.25, -0.2) is 0 Å². The number of fused-ring (bicyclic) bond motifs is 6. The number of aryl methyl sites for hydroxylation is 1. The number of aliphatic hydroxyl groups excluding tert-OH is 1. The predicted octanol–water partition coefficient (Wildman–Crippen LogP) is 13.8. The largest absolute Gasteiger partial charge is 0.396 e. The quantitative estimate of drug-likeness (QED) is 0.177. The minimum Gasteiger partial charge on any atom is -0.396 e. The van der Waals surface area contributed by atoms with Crippen LogP contribution in [0.3, 0.4) is 0 Å². The van der Waals surface area contributed by atoms with Gasteiger partial charge in [0.25, 0.3) is 0 Å². The molecule has 0 atom stereocenters. The summed E-state index contributed by atoms with van der Waals surface area (Å²) in [4.78, 5) is 0. The summed E-state index contributed by atoms with van der Waals surface area (Å²) in [5.41, 5.74) is 18.6. The van der Waals surface area contributed by atoms with Gasteiger partial charge in [0.2, 0.25) is 0 Å². The summed E-state index contributed by atoms with van der Waals surface area (Å²) < 4.78 is 0. The van der Waals surface area contributed by atoms with Gasteiger partial charge in [0, 0.05) is 17.4 Å². The topological polar surface area (TPSA) is 20.2 Å². The highest BCUT2D eigenvalue weighted by molar-refractivity contribution is 6.28. The zero-order chi connectivity index (χ0) is 37.3. The fourth-order valence-electron chi connectivity index (χ4n) is 10.1. The lowest BCUT2D eigenvalue weighted by molar-refractivity contribution is 0.288. The monoisotopic (exact) mass is 700 g/mol. The maximum atomic E-state index is 9.51. The second-order valence-electron chi connectivity index (χ2n) is 18.1. The predicted molar refractivity (Wildman–Crippen MR) is 230 cm³/mol. The molecule has 266 valence electrons. The average molecular weight is 701 g/mol. The molecule has 0 saturated carbocycles.